The molecule has 1 rings (SSSR count). The fourth-order valence-electron chi connectivity index (χ4n) is 1.81. The second-order valence-electron chi connectivity index (χ2n) is 3.86. The van der Waals surface area contributed by atoms with Crippen LogP contribution < -0.4 is 10.4 Å². The standard InChI is InChI=1S/C9H10F6Si2/c1-5-4-8(16(10,11)12)6(2)7(3)9(5)17(13,14)15/h4H,1-3H3. The van der Waals surface area contributed by atoms with E-state index in [1.807, 2.05) is 0 Å². The minimum Gasteiger partial charge on any atom is -0.234 e. The van der Waals surface area contributed by atoms with Crippen LogP contribution in [-0.4, -0.2) is 18.2 Å². The van der Waals surface area contributed by atoms with E-state index in [1.165, 1.54) is 0 Å². The molecule has 0 fully saturated rings. The molecule has 0 aromatic heterocycles. The van der Waals surface area contributed by atoms with Gasteiger partial charge in [0.2, 0.25) is 0 Å². The summed E-state index contributed by atoms with van der Waals surface area (Å²) in [6, 6.07) is 0.643. The van der Waals surface area contributed by atoms with Crippen LogP contribution in [0.15, 0.2) is 6.07 Å². The zero-order valence-corrected chi connectivity index (χ0v) is 11.3. The van der Waals surface area contributed by atoms with Gasteiger partial charge in [0.15, 0.2) is 0 Å². The Kier molecular flexibility index (Phi) is 3.50. The molecular formula is C9H10F6Si2. The molecule has 0 saturated heterocycles. The summed E-state index contributed by atoms with van der Waals surface area (Å²) in [7, 11) is -12.2. The van der Waals surface area contributed by atoms with Crippen molar-refractivity contribution in [1.29, 1.82) is 0 Å². The van der Waals surface area contributed by atoms with E-state index in [0.29, 0.717) is 6.07 Å². The molecule has 0 aliphatic heterocycles. The third kappa shape index (κ3) is 2.73. The highest BCUT2D eigenvalue weighted by molar-refractivity contribution is 6.76. The topological polar surface area (TPSA) is 0 Å². The molecule has 8 heteroatoms. The van der Waals surface area contributed by atoms with Crippen molar-refractivity contribution in [2.75, 3.05) is 0 Å². The van der Waals surface area contributed by atoms with E-state index in [0.717, 1.165) is 20.8 Å². The SMILES string of the molecule is Cc1cc([Si](F)(F)F)c(C)c(C)c1[Si](F)(F)F. The molecule has 0 heterocycles. The summed E-state index contributed by atoms with van der Waals surface area (Å²) in [4.78, 5) is 0. The Morgan fingerprint density at radius 3 is 1.59 bits per heavy atom. The van der Waals surface area contributed by atoms with Gasteiger partial charge >= 0.3 is 18.2 Å². The highest BCUT2D eigenvalue weighted by Crippen LogP contribution is 2.20. The van der Waals surface area contributed by atoms with Crippen LogP contribution in [0.1, 0.15) is 16.7 Å². The quantitative estimate of drug-likeness (QED) is 0.446. The van der Waals surface area contributed by atoms with Crippen LogP contribution in [0.4, 0.5) is 24.6 Å². The first kappa shape index (κ1) is 14.3. The van der Waals surface area contributed by atoms with Gasteiger partial charge < -0.3 is 0 Å². The third-order valence-corrected chi connectivity index (χ3v) is 5.15. The maximum atomic E-state index is 12.8. The first-order valence-corrected chi connectivity index (χ1v) is 7.98. The summed E-state index contributed by atoms with van der Waals surface area (Å²) in [5.41, 5.74) is -0.870. The molecule has 96 valence electrons. The van der Waals surface area contributed by atoms with Crippen LogP contribution in [0.5, 0.6) is 0 Å². The van der Waals surface area contributed by atoms with Crippen molar-refractivity contribution >= 4 is 28.5 Å². The van der Waals surface area contributed by atoms with E-state index in [4.69, 9.17) is 0 Å². The minimum atomic E-state index is -6.09. The lowest BCUT2D eigenvalue weighted by molar-refractivity contribution is 0.496. The predicted octanol–water partition coefficient (Wildman–Crippen LogP) is 2.72. The summed E-state index contributed by atoms with van der Waals surface area (Å²) >= 11 is 0. The molecule has 0 spiro atoms. The molecule has 0 nitrogen and oxygen atoms in total. The first-order valence-electron chi connectivity index (χ1n) is 4.71. The summed E-state index contributed by atoms with van der Waals surface area (Å²) in [6.07, 6.45) is 0. The van der Waals surface area contributed by atoms with Crippen molar-refractivity contribution in [2.45, 2.75) is 20.8 Å². The Labute approximate surface area is 97.3 Å². The summed E-state index contributed by atoms with van der Waals surface area (Å²) in [5.74, 6) is 0. The molecule has 0 amide bonds. The Morgan fingerprint density at radius 2 is 1.24 bits per heavy atom. The summed E-state index contributed by atoms with van der Waals surface area (Å²) < 4.78 is 76.5. The van der Waals surface area contributed by atoms with Gasteiger partial charge in [-0.05, 0) is 37.5 Å². The third-order valence-electron chi connectivity index (χ3n) is 2.69. The first-order chi connectivity index (χ1) is 7.46. The van der Waals surface area contributed by atoms with E-state index in [2.05, 4.69) is 0 Å². The molecule has 0 saturated carbocycles. The number of rotatable bonds is 2. The van der Waals surface area contributed by atoms with Gasteiger partial charge in [0, 0.05) is 10.4 Å². The lowest BCUT2D eigenvalue weighted by Crippen LogP contribution is -2.44. The van der Waals surface area contributed by atoms with Gasteiger partial charge in [-0.3, -0.25) is 0 Å². The molecule has 17 heavy (non-hydrogen) atoms. The lowest BCUT2D eigenvalue weighted by atomic mass is 10.1. The second-order valence-corrected chi connectivity index (χ2v) is 6.89. The monoisotopic (exact) mass is 288 g/mol. The van der Waals surface area contributed by atoms with Gasteiger partial charge in [-0.1, -0.05) is 6.07 Å². The summed E-state index contributed by atoms with van der Waals surface area (Å²) in [6.45, 7) is 3.31. The van der Waals surface area contributed by atoms with Crippen LogP contribution in [0.3, 0.4) is 0 Å². The number of benzene rings is 1. The van der Waals surface area contributed by atoms with Gasteiger partial charge in [-0.15, -0.1) is 0 Å². The van der Waals surface area contributed by atoms with E-state index >= 15 is 0 Å². The molecular weight excluding hydrogens is 278 g/mol. The van der Waals surface area contributed by atoms with Crippen LogP contribution in [0.25, 0.3) is 0 Å². The lowest BCUT2D eigenvalue weighted by Gasteiger charge is -2.17. The average Bonchev–Trinajstić information content (AvgIpc) is 2.07. The average molecular weight is 288 g/mol. The van der Waals surface area contributed by atoms with E-state index in [-0.39, 0.29) is 16.7 Å². The fourth-order valence-corrected chi connectivity index (χ4v) is 3.94. The van der Waals surface area contributed by atoms with Crippen LogP contribution in [0.2, 0.25) is 0 Å². The molecule has 1 aromatic rings. The Bertz CT molecular complexity index is 446. The number of halogens is 6. The van der Waals surface area contributed by atoms with Gasteiger partial charge in [0.05, 0.1) is 0 Å². The predicted molar refractivity (Wildman–Crippen MR) is 58.1 cm³/mol. The minimum absolute atomic E-state index is 0.274. The van der Waals surface area contributed by atoms with Crippen LogP contribution in [-0.2, 0) is 0 Å². The van der Waals surface area contributed by atoms with E-state index < -0.39 is 28.5 Å². The fraction of sp³-hybridized carbons (Fsp3) is 0.333. The maximum absolute atomic E-state index is 12.8. The highest BCUT2D eigenvalue weighted by atomic mass is 28.5. The Morgan fingerprint density at radius 1 is 0.765 bits per heavy atom. The maximum Gasteiger partial charge on any atom is 0.653 e. The van der Waals surface area contributed by atoms with Crippen molar-refractivity contribution in [3.8, 4) is 0 Å². The van der Waals surface area contributed by atoms with Gasteiger partial charge in [0.1, 0.15) is 0 Å². The van der Waals surface area contributed by atoms with E-state index in [1.54, 1.807) is 0 Å². The number of aryl methyl sites for hydroxylation is 1. The molecule has 0 atom stereocenters. The van der Waals surface area contributed by atoms with Crippen molar-refractivity contribution in [3.05, 3.63) is 22.8 Å². The van der Waals surface area contributed by atoms with Crippen molar-refractivity contribution in [3.63, 3.8) is 0 Å². The van der Waals surface area contributed by atoms with Crippen molar-refractivity contribution in [2.24, 2.45) is 0 Å². The van der Waals surface area contributed by atoms with Gasteiger partial charge in [0.25, 0.3) is 0 Å². The Balaban J connectivity index is 3.60. The second kappa shape index (κ2) is 4.16. The number of hydrogen-bond acceptors (Lipinski definition) is 0. The molecule has 0 bridgehead atoms. The Hall–Kier alpha value is -0.766. The normalized spacial score (nSPS) is 13.0. The largest absolute Gasteiger partial charge is 0.653 e. The molecule has 0 radical (unpaired) electrons. The van der Waals surface area contributed by atoms with Gasteiger partial charge in [-0.25, -0.2) is 24.6 Å². The van der Waals surface area contributed by atoms with E-state index in [9.17, 15) is 24.6 Å². The molecule has 0 aliphatic carbocycles. The van der Waals surface area contributed by atoms with Crippen molar-refractivity contribution < 1.29 is 24.6 Å². The molecule has 0 aliphatic rings. The highest BCUT2D eigenvalue weighted by Gasteiger charge is 2.47. The zero-order valence-electron chi connectivity index (χ0n) is 9.35. The molecule has 0 unspecified atom stereocenters. The molecule has 0 N–H and O–H groups in total. The smallest absolute Gasteiger partial charge is 0.234 e. The van der Waals surface area contributed by atoms with Gasteiger partial charge in [-0.2, -0.15) is 0 Å². The van der Waals surface area contributed by atoms with Crippen LogP contribution >= 0.6 is 0 Å². The number of hydrogen-bond donors (Lipinski definition) is 0. The van der Waals surface area contributed by atoms with Crippen molar-refractivity contribution in [1.82, 2.24) is 0 Å². The molecule has 1 aromatic carbocycles. The zero-order chi connectivity index (χ0) is 13.6. The van der Waals surface area contributed by atoms with Crippen LogP contribution in [0, 0.1) is 20.8 Å². The summed E-state index contributed by atoms with van der Waals surface area (Å²) in [5, 5.41) is -1.67.